The largest absolute Gasteiger partial charge is 0.322 e. The highest BCUT2D eigenvalue weighted by atomic mass is 16.2. The van der Waals surface area contributed by atoms with Crippen LogP contribution in [0.2, 0.25) is 0 Å². The van der Waals surface area contributed by atoms with Gasteiger partial charge in [-0.05, 0) is 6.07 Å². The van der Waals surface area contributed by atoms with Crippen LogP contribution in [0.5, 0.6) is 0 Å². The van der Waals surface area contributed by atoms with Crippen LogP contribution in [0.25, 0.3) is 5.65 Å². The van der Waals surface area contributed by atoms with Gasteiger partial charge in [0.2, 0.25) is 0 Å². The number of urea groups is 1. The number of anilines is 1. The fourth-order valence-electron chi connectivity index (χ4n) is 2.36. The Balaban J connectivity index is 1.65. The SMILES string of the molecule is O=C(Nc1ccn2ccnc2c1)N1CCNCCNCC1. The maximum atomic E-state index is 12.4. The Morgan fingerprint density at radius 1 is 1.14 bits per heavy atom. The van der Waals surface area contributed by atoms with E-state index in [4.69, 9.17) is 0 Å². The van der Waals surface area contributed by atoms with Crippen molar-refractivity contribution in [3.8, 4) is 0 Å². The Bertz CT molecular complexity index is 600. The van der Waals surface area contributed by atoms with Gasteiger partial charge in [-0.2, -0.15) is 0 Å². The van der Waals surface area contributed by atoms with Gasteiger partial charge in [0.25, 0.3) is 0 Å². The van der Waals surface area contributed by atoms with Crippen LogP contribution in [0.1, 0.15) is 0 Å². The molecule has 21 heavy (non-hydrogen) atoms. The number of hydrogen-bond donors (Lipinski definition) is 3. The quantitative estimate of drug-likeness (QED) is 0.708. The number of amides is 2. The first-order valence-electron chi connectivity index (χ1n) is 7.23. The summed E-state index contributed by atoms with van der Waals surface area (Å²) in [5.74, 6) is 0. The van der Waals surface area contributed by atoms with Gasteiger partial charge in [0, 0.05) is 69.6 Å². The average molecular weight is 288 g/mol. The summed E-state index contributed by atoms with van der Waals surface area (Å²) in [5.41, 5.74) is 1.58. The van der Waals surface area contributed by atoms with Gasteiger partial charge in [-0.1, -0.05) is 0 Å². The lowest BCUT2D eigenvalue weighted by Crippen LogP contribution is -2.41. The number of imidazole rings is 1. The Hall–Kier alpha value is -2.12. The number of aromatic nitrogens is 2. The van der Waals surface area contributed by atoms with E-state index in [0.29, 0.717) is 13.1 Å². The number of nitrogens with zero attached hydrogens (tertiary/aromatic N) is 3. The van der Waals surface area contributed by atoms with Gasteiger partial charge >= 0.3 is 6.03 Å². The first-order valence-corrected chi connectivity index (χ1v) is 7.23. The second-order valence-corrected chi connectivity index (χ2v) is 5.03. The van der Waals surface area contributed by atoms with Crippen molar-refractivity contribution in [2.45, 2.75) is 0 Å². The van der Waals surface area contributed by atoms with Crippen LogP contribution in [-0.4, -0.2) is 59.6 Å². The molecule has 3 rings (SSSR count). The van der Waals surface area contributed by atoms with Crippen LogP contribution in [0.4, 0.5) is 10.5 Å². The number of carbonyl (C=O) groups excluding carboxylic acids is 1. The molecule has 2 aromatic rings. The molecule has 112 valence electrons. The molecule has 0 saturated carbocycles. The second kappa shape index (κ2) is 6.55. The van der Waals surface area contributed by atoms with E-state index >= 15 is 0 Å². The molecule has 2 amide bonds. The standard InChI is InChI=1S/C14H20N6O/c21-14(20-8-4-15-2-3-16-5-9-20)18-12-1-7-19-10-6-17-13(19)11-12/h1,6-7,10-11,15-16H,2-5,8-9H2,(H,18,21). The molecule has 0 radical (unpaired) electrons. The molecular weight excluding hydrogens is 268 g/mol. The Morgan fingerprint density at radius 2 is 1.90 bits per heavy atom. The van der Waals surface area contributed by atoms with E-state index in [9.17, 15) is 4.79 Å². The first kappa shape index (κ1) is 13.8. The van der Waals surface area contributed by atoms with Gasteiger partial charge in [0.1, 0.15) is 5.65 Å². The zero-order chi connectivity index (χ0) is 14.5. The lowest BCUT2D eigenvalue weighted by Gasteiger charge is -2.22. The number of carbonyl (C=O) groups is 1. The highest BCUT2D eigenvalue weighted by molar-refractivity contribution is 5.89. The molecule has 7 nitrogen and oxygen atoms in total. The Labute approximate surface area is 123 Å². The van der Waals surface area contributed by atoms with E-state index in [2.05, 4.69) is 20.9 Å². The molecule has 0 atom stereocenters. The third kappa shape index (κ3) is 3.50. The predicted octanol–water partition coefficient (Wildman–Crippen LogP) is 0.361. The zero-order valence-electron chi connectivity index (χ0n) is 11.9. The maximum absolute atomic E-state index is 12.4. The van der Waals surface area contributed by atoms with E-state index in [-0.39, 0.29) is 6.03 Å². The molecule has 1 saturated heterocycles. The van der Waals surface area contributed by atoms with E-state index < -0.39 is 0 Å². The van der Waals surface area contributed by atoms with E-state index in [0.717, 1.165) is 37.5 Å². The van der Waals surface area contributed by atoms with Gasteiger partial charge in [-0.3, -0.25) is 0 Å². The summed E-state index contributed by atoms with van der Waals surface area (Å²) in [6.07, 6.45) is 5.50. The number of rotatable bonds is 1. The monoisotopic (exact) mass is 288 g/mol. The first-order chi connectivity index (χ1) is 10.3. The van der Waals surface area contributed by atoms with Crippen LogP contribution in [0.3, 0.4) is 0 Å². The molecule has 1 aliphatic heterocycles. The van der Waals surface area contributed by atoms with Crippen molar-refractivity contribution >= 4 is 17.4 Å². The van der Waals surface area contributed by atoms with E-state index in [1.807, 2.05) is 33.8 Å². The maximum Gasteiger partial charge on any atom is 0.321 e. The molecule has 0 unspecified atom stereocenters. The molecule has 0 aliphatic carbocycles. The van der Waals surface area contributed by atoms with Crippen molar-refractivity contribution in [1.82, 2.24) is 24.9 Å². The average Bonchev–Trinajstić information content (AvgIpc) is 2.99. The highest BCUT2D eigenvalue weighted by Crippen LogP contribution is 2.11. The zero-order valence-corrected chi connectivity index (χ0v) is 11.9. The van der Waals surface area contributed by atoms with Gasteiger partial charge in [0.15, 0.2) is 0 Å². The summed E-state index contributed by atoms with van der Waals surface area (Å²) in [7, 11) is 0. The smallest absolute Gasteiger partial charge is 0.321 e. The second-order valence-electron chi connectivity index (χ2n) is 5.03. The third-order valence-electron chi connectivity index (χ3n) is 3.53. The number of fused-ring (bicyclic) bond motifs is 1. The fourth-order valence-corrected chi connectivity index (χ4v) is 2.36. The van der Waals surface area contributed by atoms with Crippen molar-refractivity contribution in [2.75, 3.05) is 44.6 Å². The summed E-state index contributed by atoms with van der Waals surface area (Å²) in [5, 5.41) is 9.54. The molecular formula is C14H20N6O. The predicted molar refractivity (Wildman–Crippen MR) is 81.5 cm³/mol. The van der Waals surface area contributed by atoms with E-state index in [1.54, 1.807) is 6.20 Å². The summed E-state index contributed by atoms with van der Waals surface area (Å²) in [6, 6.07) is 3.67. The Kier molecular flexibility index (Phi) is 4.32. The van der Waals surface area contributed by atoms with Crippen LogP contribution in [-0.2, 0) is 0 Å². The normalized spacial score (nSPS) is 17.0. The minimum absolute atomic E-state index is 0.0728. The third-order valence-corrected chi connectivity index (χ3v) is 3.53. The van der Waals surface area contributed by atoms with Gasteiger partial charge in [-0.25, -0.2) is 9.78 Å². The molecule has 0 spiro atoms. The van der Waals surface area contributed by atoms with Crippen molar-refractivity contribution in [2.24, 2.45) is 0 Å². The molecule has 7 heteroatoms. The topological polar surface area (TPSA) is 73.7 Å². The molecule has 0 bridgehead atoms. The van der Waals surface area contributed by atoms with Crippen LogP contribution < -0.4 is 16.0 Å². The van der Waals surface area contributed by atoms with E-state index in [1.165, 1.54) is 0 Å². The molecule has 3 heterocycles. The van der Waals surface area contributed by atoms with Crippen LogP contribution >= 0.6 is 0 Å². The van der Waals surface area contributed by atoms with Crippen LogP contribution in [0, 0.1) is 0 Å². The molecule has 1 aliphatic rings. The summed E-state index contributed by atoms with van der Waals surface area (Å²) < 4.78 is 1.91. The molecule has 2 aromatic heterocycles. The summed E-state index contributed by atoms with van der Waals surface area (Å²) in [6.45, 7) is 4.92. The highest BCUT2D eigenvalue weighted by Gasteiger charge is 2.14. The summed E-state index contributed by atoms with van der Waals surface area (Å²) in [4.78, 5) is 18.4. The Morgan fingerprint density at radius 3 is 2.67 bits per heavy atom. The number of pyridine rings is 1. The number of nitrogens with one attached hydrogen (secondary N) is 3. The lowest BCUT2D eigenvalue weighted by molar-refractivity contribution is 0.213. The molecule has 1 fully saturated rings. The van der Waals surface area contributed by atoms with Gasteiger partial charge in [0.05, 0.1) is 0 Å². The van der Waals surface area contributed by atoms with Gasteiger partial charge in [-0.15, -0.1) is 0 Å². The van der Waals surface area contributed by atoms with Gasteiger partial charge < -0.3 is 25.3 Å². The van der Waals surface area contributed by atoms with Crippen molar-refractivity contribution in [3.05, 3.63) is 30.7 Å². The van der Waals surface area contributed by atoms with Crippen molar-refractivity contribution in [1.29, 1.82) is 0 Å². The molecule has 3 N–H and O–H groups in total. The molecule has 0 aromatic carbocycles. The van der Waals surface area contributed by atoms with Crippen molar-refractivity contribution < 1.29 is 4.79 Å². The lowest BCUT2D eigenvalue weighted by atomic mass is 10.4. The minimum Gasteiger partial charge on any atom is -0.322 e. The summed E-state index contributed by atoms with van der Waals surface area (Å²) >= 11 is 0. The number of hydrogen-bond acceptors (Lipinski definition) is 4. The van der Waals surface area contributed by atoms with Crippen molar-refractivity contribution in [3.63, 3.8) is 0 Å². The minimum atomic E-state index is -0.0728. The fraction of sp³-hybridized carbons (Fsp3) is 0.429. The van der Waals surface area contributed by atoms with Crippen LogP contribution in [0.15, 0.2) is 30.7 Å².